The molecular formula is C12H18N2O3S. The molecule has 1 saturated heterocycles. The second-order valence-corrected chi connectivity index (χ2v) is 7.19. The molecule has 0 radical (unpaired) electrons. The molecular weight excluding hydrogens is 252 g/mol. The smallest absolute Gasteiger partial charge is 0.255 e. The first-order valence-electron chi connectivity index (χ1n) is 5.94. The van der Waals surface area contributed by atoms with Crippen LogP contribution in [0.25, 0.3) is 0 Å². The molecule has 2 rings (SSSR count). The van der Waals surface area contributed by atoms with Crippen LogP contribution in [-0.2, 0) is 9.84 Å². The molecule has 2 heterocycles. The van der Waals surface area contributed by atoms with E-state index in [1.54, 1.807) is 18.0 Å². The van der Waals surface area contributed by atoms with Crippen molar-refractivity contribution < 1.29 is 13.2 Å². The van der Waals surface area contributed by atoms with Crippen molar-refractivity contribution in [1.29, 1.82) is 0 Å². The molecule has 1 aliphatic heterocycles. The SMILES string of the molecule is Cc1cc(C(=O)N(C)C2CCS(=O)(=O)C2)c(C)[nH]1. The van der Waals surface area contributed by atoms with Gasteiger partial charge >= 0.3 is 0 Å². The predicted octanol–water partition coefficient (Wildman–Crippen LogP) is 0.891. The molecule has 0 bridgehead atoms. The number of amides is 1. The molecule has 1 unspecified atom stereocenters. The largest absolute Gasteiger partial charge is 0.362 e. The van der Waals surface area contributed by atoms with Crippen molar-refractivity contribution in [3.8, 4) is 0 Å². The van der Waals surface area contributed by atoms with E-state index in [1.165, 1.54) is 0 Å². The normalized spacial score (nSPS) is 22.1. The number of carbonyl (C=O) groups is 1. The number of aromatic amines is 1. The summed E-state index contributed by atoms with van der Waals surface area (Å²) >= 11 is 0. The second kappa shape index (κ2) is 4.42. The molecule has 0 aliphatic carbocycles. The van der Waals surface area contributed by atoms with Crippen molar-refractivity contribution >= 4 is 15.7 Å². The van der Waals surface area contributed by atoms with E-state index in [2.05, 4.69) is 4.98 Å². The minimum Gasteiger partial charge on any atom is -0.362 e. The van der Waals surface area contributed by atoms with Crippen LogP contribution < -0.4 is 0 Å². The Morgan fingerprint density at radius 3 is 2.56 bits per heavy atom. The summed E-state index contributed by atoms with van der Waals surface area (Å²) in [4.78, 5) is 16.9. The highest BCUT2D eigenvalue weighted by Gasteiger charge is 2.33. The Morgan fingerprint density at radius 2 is 2.11 bits per heavy atom. The average molecular weight is 270 g/mol. The van der Waals surface area contributed by atoms with Gasteiger partial charge in [-0.1, -0.05) is 0 Å². The van der Waals surface area contributed by atoms with E-state index >= 15 is 0 Å². The van der Waals surface area contributed by atoms with Crippen LogP contribution in [0, 0.1) is 13.8 Å². The van der Waals surface area contributed by atoms with E-state index in [-0.39, 0.29) is 23.5 Å². The molecule has 0 aromatic carbocycles. The maximum atomic E-state index is 12.3. The van der Waals surface area contributed by atoms with Crippen molar-refractivity contribution in [3.05, 3.63) is 23.0 Å². The zero-order chi connectivity index (χ0) is 13.5. The first kappa shape index (κ1) is 13.1. The summed E-state index contributed by atoms with van der Waals surface area (Å²) in [6.07, 6.45) is 0.535. The van der Waals surface area contributed by atoms with Crippen molar-refractivity contribution in [1.82, 2.24) is 9.88 Å². The summed E-state index contributed by atoms with van der Waals surface area (Å²) in [5, 5.41) is 0. The van der Waals surface area contributed by atoms with E-state index in [9.17, 15) is 13.2 Å². The highest BCUT2D eigenvalue weighted by Crippen LogP contribution is 2.20. The Kier molecular flexibility index (Phi) is 3.23. The number of H-pyrrole nitrogens is 1. The molecule has 5 nitrogen and oxygen atoms in total. The van der Waals surface area contributed by atoms with Gasteiger partial charge in [0.1, 0.15) is 0 Å². The van der Waals surface area contributed by atoms with Crippen molar-refractivity contribution in [2.45, 2.75) is 26.3 Å². The predicted molar refractivity (Wildman–Crippen MR) is 69.4 cm³/mol. The number of aromatic nitrogens is 1. The van der Waals surface area contributed by atoms with Crippen LogP contribution in [0.5, 0.6) is 0 Å². The van der Waals surface area contributed by atoms with Crippen LogP contribution >= 0.6 is 0 Å². The fourth-order valence-corrected chi connectivity index (χ4v) is 4.16. The third kappa shape index (κ3) is 2.43. The van der Waals surface area contributed by atoms with Crippen LogP contribution in [-0.4, -0.2) is 48.8 Å². The van der Waals surface area contributed by atoms with Crippen LogP contribution in [0.3, 0.4) is 0 Å². The Labute approximate surface area is 107 Å². The van der Waals surface area contributed by atoms with Crippen molar-refractivity contribution in [2.75, 3.05) is 18.6 Å². The zero-order valence-electron chi connectivity index (χ0n) is 10.9. The van der Waals surface area contributed by atoms with Gasteiger partial charge in [0.2, 0.25) is 0 Å². The highest BCUT2D eigenvalue weighted by atomic mass is 32.2. The Hall–Kier alpha value is -1.30. The molecule has 100 valence electrons. The fraction of sp³-hybridized carbons (Fsp3) is 0.583. The van der Waals surface area contributed by atoms with Crippen LogP contribution in [0.15, 0.2) is 6.07 Å². The molecule has 1 N–H and O–H groups in total. The molecule has 1 aromatic rings. The number of nitrogens with zero attached hydrogens (tertiary/aromatic N) is 1. The molecule has 6 heteroatoms. The quantitative estimate of drug-likeness (QED) is 0.867. The Balaban J connectivity index is 2.17. The fourth-order valence-electron chi connectivity index (χ4n) is 2.38. The number of nitrogens with one attached hydrogen (secondary N) is 1. The van der Waals surface area contributed by atoms with Gasteiger partial charge in [0, 0.05) is 24.5 Å². The third-order valence-corrected chi connectivity index (χ3v) is 5.21. The minimum absolute atomic E-state index is 0.0810. The number of aryl methyl sites for hydroxylation is 2. The van der Waals surface area contributed by atoms with Gasteiger partial charge in [0.15, 0.2) is 9.84 Å². The van der Waals surface area contributed by atoms with Crippen LogP contribution in [0.2, 0.25) is 0 Å². The van der Waals surface area contributed by atoms with Crippen molar-refractivity contribution in [2.24, 2.45) is 0 Å². The van der Waals surface area contributed by atoms with Gasteiger partial charge in [-0.2, -0.15) is 0 Å². The Morgan fingerprint density at radius 1 is 1.44 bits per heavy atom. The lowest BCUT2D eigenvalue weighted by Gasteiger charge is -2.23. The number of hydrogen-bond donors (Lipinski definition) is 1. The van der Waals surface area contributed by atoms with E-state index in [0.717, 1.165) is 11.4 Å². The number of hydrogen-bond acceptors (Lipinski definition) is 3. The molecule has 0 spiro atoms. The lowest BCUT2D eigenvalue weighted by Crippen LogP contribution is -2.37. The first-order chi connectivity index (χ1) is 8.30. The summed E-state index contributed by atoms with van der Waals surface area (Å²) in [5.41, 5.74) is 2.38. The highest BCUT2D eigenvalue weighted by molar-refractivity contribution is 7.91. The van der Waals surface area contributed by atoms with Gasteiger partial charge in [-0.25, -0.2) is 8.42 Å². The lowest BCUT2D eigenvalue weighted by molar-refractivity contribution is 0.0747. The number of rotatable bonds is 2. The van der Waals surface area contributed by atoms with Gasteiger partial charge in [0.05, 0.1) is 17.1 Å². The van der Waals surface area contributed by atoms with Gasteiger partial charge < -0.3 is 9.88 Å². The van der Waals surface area contributed by atoms with E-state index in [1.807, 2.05) is 13.8 Å². The summed E-state index contributed by atoms with van der Waals surface area (Å²) in [7, 11) is -1.29. The van der Waals surface area contributed by atoms with E-state index < -0.39 is 9.84 Å². The minimum atomic E-state index is -2.96. The third-order valence-electron chi connectivity index (χ3n) is 3.46. The van der Waals surface area contributed by atoms with Gasteiger partial charge in [-0.05, 0) is 26.3 Å². The van der Waals surface area contributed by atoms with Gasteiger partial charge in [0.25, 0.3) is 5.91 Å². The molecule has 1 fully saturated rings. The second-order valence-electron chi connectivity index (χ2n) is 4.96. The van der Waals surface area contributed by atoms with E-state index in [0.29, 0.717) is 12.0 Å². The van der Waals surface area contributed by atoms with Gasteiger partial charge in [-0.3, -0.25) is 4.79 Å². The molecule has 1 atom stereocenters. The lowest BCUT2D eigenvalue weighted by atomic mass is 10.1. The zero-order valence-corrected chi connectivity index (χ0v) is 11.7. The van der Waals surface area contributed by atoms with Crippen molar-refractivity contribution in [3.63, 3.8) is 0 Å². The molecule has 18 heavy (non-hydrogen) atoms. The molecule has 1 aromatic heterocycles. The standard InChI is InChI=1S/C12H18N2O3S/c1-8-6-11(9(2)13-8)12(15)14(3)10-4-5-18(16,17)7-10/h6,10,13H,4-5,7H2,1-3H3. The monoisotopic (exact) mass is 270 g/mol. The summed E-state index contributed by atoms with van der Waals surface area (Å²) in [6, 6.07) is 1.61. The van der Waals surface area contributed by atoms with Crippen LogP contribution in [0.4, 0.5) is 0 Å². The average Bonchev–Trinajstić information content (AvgIpc) is 2.79. The first-order valence-corrected chi connectivity index (χ1v) is 7.76. The number of carbonyl (C=O) groups excluding carboxylic acids is 1. The Bertz CT molecular complexity index is 574. The summed E-state index contributed by atoms with van der Waals surface area (Å²) < 4.78 is 22.9. The maximum Gasteiger partial charge on any atom is 0.255 e. The van der Waals surface area contributed by atoms with E-state index in [4.69, 9.17) is 0 Å². The molecule has 1 amide bonds. The summed E-state index contributed by atoms with van der Waals surface area (Å²) in [6.45, 7) is 3.74. The molecule has 0 saturated carbocycles. The van der Waals surface area contributed by atoms with Gasteiger partial charge in [-0.15, -0.1) is 0 Å². The van der Waals surface area contributed by atoms with Crippen LogP contribution in [0.1, 0.15) is 28.2 Å². The number of sulfone groups is 1. The topological polar surface area (TPSA) is 70.2 Å². The molecule has 1 aliphatic rings. The maximum absolute atomic E-state index is 12.3. The summed E-state index contributed by atoms with van der Waals surface area (Å²) in [5.74, 6) is 0.150.